The van der Waals surface area contributed by atoms with Crippen molar-refractivity contribution in [1.82, 2.24) is 5.32 Å². The molecule has 1 atom stereocenters. The van der Waals surface area contributed by atoms with E-state index in [2.05, 4.69) is 15.5 Å². The SMILES string of the molecule is CC(C(=O)NCCCCCC(=O)O)c1cc(/N=N/c2ccccc2C(=O)O)ccc1O. The highest BCUT2D eigenvalue weighted by Crippen LogP contribution is 2.31. The normalized spacial score (nSPS) is 11.9. The van der Waals surface area contributed by atoms with Crippen molar-refractivity contribution in [3.63, 3.8) is 0 Å². The second-order valence-electron chi connectivity index (χ2n) is 6.98. The molecule has 0 aliphatic rings. The minimum absolute atomic E-state index is 0.0151. The number of carboxylic acid groups (broad SMARTS) is 2. The summed E-state index contributed by atoms with van der Waals surface area (Å²) in [4.78, 5) is 34.2. The van der Waals surface area contributed by atoms with Gasteiger partial charge in [-0.3, -0.25) is 9.59 Å². The van der Waals surface area contributed by atoms with Gasteiger partial charge in [0.15, 0.2) is 0 Å². The second-order valence-corrected chi connectivity index (χ2v) is 6.98. The summed E-state index contributed by atoms with van der Waals surface area (Å²) in [7, 11) is 0. The van der Waals surface area contributed by atoms with Gasteiger partial charge in [-0.2, -0.15) is 5.11 Å². The predicted molar refractivity (Wildman–Crippen MR) is 113 cm³/mol. The van der Waals surface area contributed by atoms with Crippen molar-refractivity contribution in [3.8, 4) is 5.75 Å². The van der Waals surface area contributed by atoms with E-state index in [1.165, 1.54) is 30.3 Å². The van der Waals surface area contributed by atoms with Gasteiger partial charge in [0, 0.05) is 18.5 Å². The lowest BCUT2D eigenvalue weighted by Gasteiger charge is -2.14. The molecule has 9 nitrogen and oxygen atoms in total. The molecule has 31 heavy (non-hydrogen) atoms. The molecule has 0 fully saturated rings. The number of aliphatic carboxylic acids is 1. The van der Waals surface area contributed by atoms with Crippen LogP contribution in [-0.4, -0.2) is 39.7 Å². The number of carbonyl (C=O) groups excluding carboxylic acids is 1. The average Bonchev–Trinajstić information content (AvgIpc) is 2.74. The van der Waals surface area contributed by atoms with E-state index in [4.69, 9.17) is 5.11 Å². The van der Waals surface area contributed by atoms with E-state index in [0.717, 1.165) is 0 Å². The van der Waals surface area contributed by atoms with E-state index in [9.17, 15) is 24.6 Å². The van der Waals surface area contributed by atoms with E-state index >= 15 is 0 Å². The van der Waals surface area contributed by atoms with Crippen molar-refractivity contribution in [3.05, 3.63) is 53.6 Å². The maximum absolute atomic E-state index is 12.4. The van der Waals surface area contributed by atoms with Crippen LogP contribution in [0.4, 0.5) is 11.4 Å². The molecule has 2 aromatic carbocycles. The number of carboxylic acids is 2. The van der Waals surface area contributed by atoms with Gasteiger partial charge < -0.3 is 20.6 Å². The fourth-order valence-corrected chi connectivity index (χ4v) is 2.89. The van der Waals surface area contributed by atoms with Crippen LogP contribution in [0.2, 0.25) is 0 Å². The second kappa shape index (κ2) is 11.4. The number of benzene rings is 2. The van der Waals surface area contributed by atoms with Crippen molar-refractivity contribution >= 4 is 29.2 Å². The quantitative estimate of drug-likeness (QED) is 0.309. The van der Waals surface area contributed by atoms with Crippen molar-refractivity contribution in [2.75, 3.05) is 6.54 Å². The van der Waals surface area contributed by atoms with Gasteiger partial charge in [0.05, 0.1) is 17.2 Å². The first-order valence-corrected chi connectivity index (χ1v) is 9.86. The summed E-state index contributed by atoms with van der Waals surface area (Å²) in [6, 6.07) is 10.6. The maximum atomic E-state index is 12.4. The Morgan fingerprint density at radius 3 is 2.45 bits per heavy atom. The molecule has 0 bridgehead atoms. The van der Waals surface area contributed by atoms with Gasteiger partial charge >= 0.3 is 11.9 Å². The number of aromatic hydroxyl groups is 1. The number of carbonyl (C=O) groups is 3. The standard InChI is InChI=1S/C22H25N3O6/c1-14(21(29)23-12-6-2-3-9-20(27)28)17-13-15(10-11-19(17)26)24-25-18-8-5-4-7-16(18)22(30)31/h4-5,7-8,10-11,13-14,26H,2-3,6,9,12H2,1H3,(H,23,29)(H,27,28)(H,30,31)/b25-24+. The first-order valence-electron chi connectivity index (χ1n) is 9.86. The van der Waals surface area contributed by atoms with Crippen molar-refractivity contribution in [2.24, 2.45) is 10.2 Å². The predicted octanol–water partition coefficient (Wildman–Crippen LogP) is 4.37. The molecule has 0 spiro atoms. The van der Waals surface area contributed by atoms with Gasteiger partial charge in [0.2, 0.25) is 5.91 Å². The van der Waals surface area contributed by atoms with Gasteiger partial charge in [0.1, 0.15) is 11.4 Å². The molecule has 164 valence electrons. The van der Waals surface area contributed by atoms with Crippen LogP contribution in [0.25, 0.3) is 0 Å². The largest absolute Gasteiger partial charge is 0.508 e. The number of rotatable bonds is 11. The number of amides is 1. The van der Waals surface area contributed by atoms with Crippen LogP contribution in [0.1, 0.15) is 54.4 Å². The Labute approximate surface area is 179 Å². The highest BCUT2D eigenvalue weighted by atomic mass is 16.4. The summed E-state index contributed by atoms with van der Waals surface area (Å²) in [5.41, 5.74) is 0.937. The van der Waals surface area contributed by atoms with E-state index in [1.54, 1.807) is 19.1 Å². The van der Waals surface area contributed by atoms with Crippen molar-refractivity contribution < 1.29 is 29.7 Å². The molecule has 9 heteroatoms. The number of azo groups is 1. The molecular weight excluding hydrogens is 402 g/mol. The number of nitrogens with one attached hydrogen (secondary N) is 1. The fourth-order valence-electron chi connectivity index (χ4n) is 2.89. The third-order valence-corrected chi connectivity index (χ3v) is 4.65. The fraction of sp³-hybridized carbons (Fsp3) is 0.318. The Balaban J connectivity index is 2.02. The van der Waals surface area contributed by atoms with Gasteiger partial charge in [-0.15, -0.1) is 5.11 Å². The van der Waals surface area contributed by atoms with E-state index in [-0.39, 0.29) is 29.3 Å². The molecule has 0 aliphatic heterocycles. The molecule has 1 amide bonds. The summed E-state index contributed by atoms with van der Waals surface area (Å²) in [6.07, 6.45) is 2.02. The van der Waals surface area contributed by atoms with Crippen LogP contribution >= 0.6 is 0 Å². The van der Waals surface area contributed by atoms with Crippen molar-refractivity contribution in [1.29, 1.82) is 0 Å². The molecule has 0 aromatic heterocycles. The monoisotopic (exact) mass is 427 g/mol. The maximum Gasteiger partial charge on any atom is 0.337 e. The highest BCUT2D eigenvalue weighted by Gasteiger charge is 2.19. The summed E-state index contributed by atoms with van der Waals surface area (Å²) in [5, 5.41) is 38.8. The van der Waals surface area contributed by atoms with Gasteiger partial charge in [0.25, 0.3) is 0 Å². The first-order chi connectivity index (χ1) is 14.8. The van der Waals surface area contributed by atoms with Gasteiger partial charge in [-0.05, 0) is 50.1 Å². The smallest absolute Gasteiger partial charge is 0.337 e. The lowest BCUT2D eigenvalue weighted by atomic mass is 9.98. The lowest BCUT2D eigenvalue weighted by Crippen LogP contribution is -2.28. The number of nitrogens with zero attached hydrogens (tertiary/aromatic N) is 2. The molecule has 0 heterocycles. The number of phenols is 1. The third kappa shape index (κ3) is 7.22. The summed E-state index contributed by atoms with van der Waals surface area (Å²) >= 11 is 0. The molecular formula is C22H25N3O6. The molecule has 0 aliphatic carbocycles. The molecule has 2 rings (SSSR count). The molecule has 0 saturated carbocycles. The first kappa shape index (κ1) is 23.5. The van der Waals surface area contributed by atoms with Crippen LogP contribution in [0.15, 0.2) is 52.7 Å². The Hall–Kier alpha value is -3.75. The lowest BCUT2D eigenvalue weighted by molar-refractivity contribution is -0.137. The van der Waals surface area contributed by atoms with E-state index in [1.807, 2.05) is 0 Å². The topological polar surface area (TPSA) is 149 Å². The van der Waals surface area contributed by atoms with Gasteiger partial charge in [-0.1, -0.05) is 18.6 Å². The van der Waals surface area contributed by atoms with E-state index < -0.39 is 17.9 Å². The molecule has 0 radical (unpaired) electrons. The van der Waals surface area contributed by atoms with Crippen LogP contribution < -0.4 is 5.32 Å². The zero-order valence-corrected chi connectivity index (χ0v) is 17.1. The Kier molecular flexibility index (Phi) is 8.68. The third-order valence-electron chi connectivity index (χ3n) is 4.65. The molecule has 1 unspecified atom stereocenters. The molecule has 2 aromatic rings. The van der Waals surface area contributed by atoms with Gasteiger partial charge in [-0.25, -0.2) is 4.79 Å². The summed E-state index contributed by atoms with van der Waals surface area (Å²) in [6.45, 7) is 2.06. The number of hydrogen-bond donors (Lipinski definition) is 4. The van der Waals surface area contributed by atoms with Crippen LogP contribution in [0, 0.1) is 0 Å². The number of hydrogen-bond acceptors (Lipinski definition) is 6. The zero-order chi connectivity index (χ0) is 22.8. The Morgan fingerprint density at radius 2 is 1.74 bits per heavy atom. The zero-order valence-electron chi connectivity index (χ0n) is 17.1. The minimum Gasteiger partial charge on any atom is -0.508 e. The van der Waals surface area contributed by atoms with Crippen LogP contribution in [0.5, 0.6) is 5.75 Å². The summed E-state index contributed by atoms with van der Waals surface area (Å²) in [5.74, 6) is -2.95. The van der Waals surface area contributed by atoms with Crippen LogP contribution in [0.3, 0.4) is 0 Å². The number of aromatic carboxylic acids is 1. The number of phenolic OH excluding ortho intramolecular Hbond substituents is 1. The minimum atomic E-state index is -1.12. The molecule has 4 N–H and O–H groups in total. The van der Waals surface area contributed by atoms with E-state index in [0.29, 0.717) is 37.1 Å². The Bertz CT molecular complexity index is 973. The average molecular weight is 427 g/mol. The summed E-state index contributed by atoms with van der Waals surface area (Å²) < 4.78 is 0. The number of unbranched alkanes of at least 4 members (excludes halogenated alkanes) is 2. The highest BCUT2D eigenvalue weighted by molar-refractivity contribution is 5.93. The Morgan fingerprint density at radius 1 is 1.00 bits per heavy atom. The van der Waals surface area contributed by atoms with Crippen molar-refractivity contribution in [2.45, 2.75) is 38.5 Å². The van der Waals surface area contributed by atoms with Crippen LogP contribution in [-0.2, 0) is 9.59 Å². The molecule has 0 saturated heterocycles.